The first kappa shape index (κ1) is 16.6. The third-order valence-corrected chi connectivity index (χ3v) is 5.18. The molecule has 1 aliphatic heterocycles. The first-order valence-corrected chi connectivity index (χ1v) is 9.20. The van der Waals surface area contributed by atoms with Crippen molar-refractivity contribution in [2.45, 2.75) is 39.7 Å². The lowest BCUT2D eigenvalue weighted by Gasteiger charge is -2.19. The number of aromatic nitrogens is 1. The number of aryl methyl sites for hydroxylation is 2. The molecule has 0 N–H and O–H groups in total. The molecule has 0 bridgehead atoms. The van der Waals surface area contributed by atoms with E-state index in [0.29, 0.717) is 16.9 Å². The van der Waals surface area contributed by atoms with Crippen molar-refractivity contribution in [3.8, 4) is 0 Å². The summed E-state index contributed by atoms with van der Waals surface area (Å²) in [6.07, 6.45) is 3.26. The van der Waals surface area contributed by atoms with Gasteiger partial charge in [0.2, 0.25) is 0 Å². The number of anilines is 1. The van der Waals surface area contributed by atoms with Gasteiger partial charge in [-0.2, -0.15) is 0 Å². The first-order valence-electron chi connectivity index (χ1n) is 9.20. The third kappa shape index (κ3) is 2.37. The maximum Gasteiger partial charge on any atom is 0.267 e. The van der Waals surface area contributed by atoms with Crippen LogP contribution in [-0.2, 0) is 6.54 Å². The summed E-state index contributed by atoms with van der Waals surface area (Å²) in [5.41, 5.74) is 3.03. The van der Waals surface area contributed by atoms with Crippen molar-refractivity contribution in [3.05, 3.63) is 65.2 Å². The number of hydrogen-bond acceptors (Lipinski definition) is 2. The normalized spacial score (nSPS) is 13.7. The van der Waals surface area contributed by atoms with Gasteiger partial charge in [0.15, 0.2) is 0 Å². The number of amides is 2. The Hall–Kier alpha value is -2.88. The molecular weight excluding hydrogens is 324 g/mol. The molecule has 4 rings (SSSR count). The molecule has 0 fully saturated rings. The smallest absolute Gasteiger partial charge is 0.267 e. The van der Waals surface area contributed by atoms with E-state index < -0.39 is 0 Å². The van der Waals surface area contributed by atoms with Gasteiger partial charge in [0.1, 0.15) is 5.82 Å². The van der Waals surface area contributed by atoms with Crippen LogP contribution in [0, 0.1) is 6.92 Å². The average molecular weight is 346 g/mol. The third-order valence-electron chi connectivity index (χ3n) is 5.18. The summed E-state index contributed by atoms with van der Waals surface area (Å²) in [4.78, 5) is 27.4. The second kappa shape index (κ2) is 6.45. The van der Waals surface area contributed by atoms with E-state index in [4.69, 9.17) is 0 Å². The summed E-state index contributed by atoms with van der Waals surface area (Å²) in [5, 5.41) is 1.09. The van der Waals surface area contributed by atoms with Crippen molar-refractivity contribution < 1.29 is 9.59 Å². The molecule has 0 radical (unpaired) electrons. The molecule has 0 saturated heterocycles. The van der Waals surface area contributed by atoms with Gasteiger partial charge in [0.05, 0.1) is 11.1 Å². The van der Waals surface area contributed by atoms with Gasteiger partial charge >= 0.3 is 0 Å². The molecule has 26 heavy (non-hydrogen) atoms. The molecule has 4 nitrogen and oxygen atoms in total. The number of para-hydroxylation sites is 1. The lowest BCUT2D eigenvalue weighted by molar-refractivity contribution is 0.0923. The fourth-order valence-corrected chi connectivity index (χ4v) is 3.88. The number of unbranched alkanes of at least 4 members (excludes halogenated alkanes) is 2. The van der Waals surface area contributed by atoms with Crippen LogP contribution < -0.4 is 4.90 Å². The predicted molar refractivity (Wildman–Crippen MR) is 104 cm³/mol. The molecule has 132 valence electrons. The van der Waals surface area contributed by atoms with Gasteiger partial charge in [0.25, 0.3) is 11.8 Å². The van der Waals surface area contributed by atoms with E-state index in [-0.39, 0.29) is 11.8 Å². The van der Waals surface area contributed by atoms with E-state index in [1.54, 1.807) is 24.3 Å². The standard InChI is InChI=1S/C22H22N2O2/c1-3-4-9-14-23-19-13-8-7-10-16(19)15(2)20(23)24-21(25)17-11-5-6-12-18(17)22(24)26/h5-8,10-13H,3-4,9,14H2,1-2H3. The van der Waals surface area contributed by atoms with Crippen molar-refractivity contribution in [1.82, 2.24) is 4.57 Å². The van der Waals surface area contributed by atoms with Crippen LogP contribution in [0.5, 0.6) is 0 Å². The fourth-order valence-electron chi connectivity index (χ4n) is 3.88. The lowest BCUT2D eigenvalue weighted by Crippen LogP contribution is -2.32. The first-order chi connectivity index (χ1) is 12.6. The second-order valence-corrected chi connectivity index (χ2v) is 6.82. The Morgan fingerprint density at radius 1 is 0.846 bits per heavy atom. The molecule has 0 aliphatic carbocycles. The van der Waals surface area contributed by atoms with E-state index in [1.807, 2.05) is 19.1 Å². The maximum absolute atomic E-state index is 13.0. The molecule has 0 spiro atoms. The number of carbonyl (C=O) groups is 2. The summed E-state index contributed by atoms with van der Waals surface area (Å²) in [7, 11) is 0. The van der Waals surface area contributed by atoms with Gasteiger partial charge in [-0.3, -0.25) is 9.59 Å². The minimum Gasteiger partial charge on any atom is -0.327 e. The molecule has 2 amide bonds. The van der Waals surface area contributed by atoms with Crippen LogP contribution in [0.3, 0.4) is 0 Å². The minimum atomic E-state index is -0.228. The van der Waals surface area contributed by atoms with Crippen LogP contribution in [0.4, 0.5) is 5.82 Å². The Balaban J connectivity index is 1.89. The largest absolute Gasteiger partial charge is 0.327 e. The SMILES string of the molecule is CCCCCn1c(N2C(=O)c3ccccc3C2=O)c(C)c2ccccc21. The predicted octanol–water partition coefficient (Wildman–Crippen LogP) is 4.94. The topological polar surface area (TPSA) is 42.3 Å². The molecule has 1 aromatic heterocycles. The van der Waals surface area contributed by atoms with Crippen LogP contribution in [0.2, 0.25) is 0 Å². The summed E-state index contributed by atoms with van der Waals surface area (Å²) in [6.45, 7) is 4.96. The highest BCUT2D eigenvalue weighted by atomic mass is 16.2. The van der Waals surface area contributed by atoms with Crippen molar-refractivity contribution in [1.29, 1.82) is 0 Å². The number of imide groups is 1. The van der Waals surface area contributed by atoms with Crippen LogP contribution in [0.1, 0.15) is 52.5 Å². The summed E-state index contributed by atoms with van der Waals surface area (Å²) in [6, 6.07) is 15.2. The Morgan fingerprint density at radius 2 is 1.46 bits per heavy atom. The zero-order valence-corrected chi connectivity index (χ0v) is 15.2. The highest BCUT2D eigenvalue weighted by Gasteiger charge is 2.39. The monoisotopic (exact) mass is 346 g/mol. The summed E-state index contributed by atoms with van der Waals surface area (Å²) in [5.74, 6) is 0.259. The van der Waals surface area contributed by atoms with Gasteiger partial charge in [-0.25, -0.2) is 4.90 Å². The van der Waals surface area contributed by atoms with Gasteiger partial charge in [0, 0.05) is 17.4 Å². The zero-order chi connectivity index (χ0) is 18.3. The molecule has 3 aromatic rings. The molecule has 0 atom stereocenters. The number of nitrogens with zero attached hydrogens (tertiary/aromatic N) is 2. The Morgan fingerprint density at radius 3 is 2.12 bits per heavy atom. The van der Waals surface area contributed by atoms with Crippen LogP contribution in [0.15, 0.2) is 48.5 Å². The molecule has 2 aromatic carbocycles. The average Bonchev–Trinajstić information content (AvgIpc) is 3.08. The fraction of sp³-hybridized carbons (Fsp3) is 0.273. The minimum absolute atomic E-state index is 0.228. The van der Waals surface area contributed by atoms with Crippen LogP contribution in [0.25, 0.3) is 10.9 Å². The number of carbonyl (C=O) groups excluding carboxylic acids is 2. The highest BCUT2D eigenvalue weighted by Crippen LogP contribution is 2.37. The van der Waals surface area contributed by atoms with E-state index >= 15 is 0 Å². The summed E-state index contributed by atoms with van der Waals surface area (Å²) >= 11 is 0. The van der Waals surface area contributed by atoms with E-state index in [1.165, 1.54) is 4.90 Å². The van der Waals surface area contributed by atoms with Gasteiger partial charge in [-0.15, -0.1) is 0 Å². The van der Waals surface area contributed by atoms with E-state index in [2.05, 4.69) is 23.6 Å². The number of rotatable bonds is 5. The Labute approximate surface area is 153 Å². The van der Waals surface area contributed by atoms with Crippen molar-refractivity contribution in [2.75, 3.05) is 4.90 Å². The van der Waals surface area contributed by atoms with Gasteiger partial charge in [-0.1, -0.05) is 50.1 Å². The Kier molecular flexibility index (Phi) is 4.11. The van der Waals surface area contributed by atoms with E-state index in [0.717, 1.165) is 42.3 Å². The Bertz CT molecular complexity index is 981. The second-order valence-electron chi connectivity index (χ2n) is 6.82. The van der Waals surface area contributed by atoms with Crippen molar-refractivity contribution in [2.24, 2.45) is 0 Å². The molecule has 2 heterocycles. The zero-order valence-electron chi connectivity index (χ0n) is 15.2. The molecule has 1 aliphatic rings. The molecule has 4 heteroatoms. The van der Waals surface area contributed by atoms with Crippen LogP contribution in [-0.4, -0.2) is 16.4 Å². The molecule has 0 saturated carbocycles. The van der Waals surface area contributed by atoms with Gasteiger partial charge in [-0.05, 0) is 37.1 Å². The quantitative estimate of drug-likeness (QED) is 0.485. The number of benzene rings is 2. The molecular formula is C22H22N2O2. The van der Waals surface area contributed by atoms with Gasteiger partial charge < -0.3 is 4.57 Å². The maximum atomic E-state index is 13.0. The molecule has 0 unspecified atom stereocenters. The van der Waals surface area contributed by atoms with Crippen molar-refractivity contribution in [3.63, 3.8) is 0 Å². The lowest BCUT2D eigenvalue weighted by atomic mass is 10.1. The van der Waals surface area contributed by atoms with Crippen molar-refractivity contribution >= 4 is 28.5 Å². The summed E-state index contributed by atoms with van der Waals surface area (Å²) < 4.78 is 2.14. The van der Waals surface area contributed by atoms with E-state index in [9.17, 15) is 9.59 Å². The number of hydrogen-bond donors (Lipinski definition) is 0. The number of fused-ring (bicyclic) bond motifs is 2. The highest BCUT2D eigenvalue weighted by molar-refractivity contribution is 6.34. The van der Waals surface area contributed by atoms with Crippen LogP contribution >= 0.6 is 0 Å².